The molecule has 1 fully saturated rings. The molecule has 1 aliphatic heterocycles. The first-order valence-electron chi connectivity index (χ1n) is 5.56. The largest absolute Gasteiger partial charge is 0.491 e. The fraction of sp³-hybridized carbons (Fsp3) is 0.636. The number of alkyl halides is 1. The summed E-state index contributed by atoms with van der Waals surface area (Å²) in [5.74, 6) is 2.61. The van der Waals surface area contributed by atoms with Crippen molar-refractivity contribution in [1.29, 1.82) is 0 Å². The van der Waals surface area contributed by atoms with Crippen LogP contribution in [-0.2, 0) is 5.88 Å². The second-order valence-corrected chi connectivity index (χ2v) is 4.13. The average molecular weight is 278 g/mol. The minimum absolute atomic E-state index is 0. The van der Waals surface area contributed by atoms with Crippen molar-refractivity contribution in [2.45, 2.75) is 25.1 Å². The van der Waals surface area contributed by atoms with Gasteiger partial charge in [0.2, 0.25) is 0 Å². The van der Waals surface area contributed by atoms with Gasteiger partial charge in [0, 0.05) is 13.1 Å². The van der Waals surface area contributed by atoms with Gasteiger partial charge in [0.05, 0.1) is 19.2 Å². The Morgan fingerprint density at radius 3 is 2.65 bits per heavy atom. The molecule has 2 rings (SSSR count). The van der Waals surface area contributed by atoms with Gasteiger partial charge in [-0.1, -0.05) is 0 Å². The van der Waals surface area contributed by atoms with Crippen molar-refractivity contribution in [3.05, 3.63) is 12.0 Å². The van der Waals surface area contributed by atoms with Crippen LogP contribution in [0.1, 0.15) is 25.1 Å². The zero-order valence-corrected chi connectivity index (χ0v) is 11.4. The summed E-state index contributed by atoms with van der Waals surface area (Å²) < 4.78 is 5.29. The summed E-state index contributed by atoms with van der Waals surface area (Å²) in [7, 11) is 1.65. The SMILES string of the molecule is COc1cnc(CCl)nc1N1CCCCC1.Cl. The lowest BCUT2D eigenvalue weighted by atomic mass is 10.1. The Bertz CT molecular complexity index is 357. The molecule has 2 heterocycles. The number of ether oxygens (including phenoxy) is 1. The van der Waals surface area contributed by atoms with Crippen molar-refractivity contribution in [3.63, 3.8) is 0 Å². The third kappa shape index (κ3) is 3.36. The molecule has 1 saturated heterocycles. The predicted molar refractivity (Wildman–Crippen MR) is 71.5 cm³/mol. The molecular formula is C11H17Cl2N3O. The van der Waals surface area contributed by atoms with E-state index in [0.29, 0.717) is 11.7 Å². The summed E-state index contributed by atoms with van der Waals surface area (Å²) in [6.45, 7) is 2.07. The zero-order chi connectivity index (χ0) is 11.4. The van der Waals surface area contributed by atoms with Crippen LogP contribution in [0, 0.1) is 0 Å². The molecule has 0 aromatic carbocycles. The van der Waals surface area contributed by atoms with Gasteiger partial charge in [-0.15, -0.1) is 24.0 Å². The van der Waals surface area contributed by atoms with Crippen LogP contribution >= 0.6 is 24.0 Å². The van der Waals surface area contributed by atoms with E-state index in [2.05, 4.69) is 14.9 Å². The van der Waals surface area contributed by atoms with Gasteiger partial charge in [0.1, 0.15) is 5.82 Å². The number of anilines is 1. The van der Waals surface area contributed by atoms with E-state index in [0.717, 1.165) is 24.7 Å². The second kappa shape index (κ2) is 6.87. The minimum Gasteiger partial charge on any atom is -0.491 e. The van der Waals surface area contributed by atoms with Crippen molar-refractivity contribution in [2.75, 3.05) is 25.1 Å². The minimum atomic E-state index is 0. The summed E-state index contributed by atoms with van der Waals surface area (Å²) in [5, 5.41) is 0. The number of rotatable bonds is 3. The van der Waals surface area contributed by atoms with Crippen molar-refractivity contribution in [3.8, 4) is 5.75 Å². The van der Waals surface area contributed by atoms with E-state index >= 15 is 0 Å². The number of hydrogen-bond donors (Lipinski definition) is 0. The third-order valence-corrected chi connectivity index (χ3v) is 3.02. The average Bonchev–Trinajstić information content (AvgIpc) is 2.39. The lowest BCUT2D eigenvalue weighted by Crippen LogP contribution is -2.30. The third-order valence-electron chi connectivity index (χ3n) is 2.78. The van der Waals surface area contributed by atoms with E-state index in [-0.39, 0.29) is 12.4 Å². The standard InChI is InChI=1S/C11H16ClN3O.ClH/c1-16-9-8-13-10(7-12)14-11(9)15-5-3-2-4-6-15;/h8H,2-7H2,1H3;1H. The van der Waals surface area contributed by atoms with Crippen molar-refractivity contribution in [1.82, 2.24) is 9.97 Å². The summed E-state index contributed by atoms with van der Waals surface area (Å²) in [6.07, 6.45) is 5.42. The topological polar surface area (TPSA) is 38.3 Å². The van der Waals surface area contributed by atoms with Gasteiger partial charge in [-0.25, -0.2) is 9.97 Å². The highest BCUT2D eigenvalue weighted by molar-refractivity contribution is 6.16. The molecule has 0 bridgehead atoms. The maximum atomic E-state index is 5.75. The smallest absolute Gasteiger partial charge is 0.179 e. The maximum Gasteiger partial charge on any atom is 0.179 e. The Balaban J connectivity index is 0.00000144. The summed E-state index contributed by atoms with van der Waals surface area (Å²) >= 11 is 5.75. The molecule has 17 heavy (non-hydrogen) atoms. The summed E-state index contributed by atoms with van der Waals surface area (Å²) in [6, 6.07) is 0. The highest BCUT2D eigenvalue weighted by Crippen LogP contribution is 2.27. The first-order valence-corrected chi connectivity index (χ1v) is 6.09. The van der Waals surface area contributed by atoms with E-state index < -0.39 is 0 Å². The molecule has 4 nitrogen and oxygen atoms in total. The van der Waals surface area contributed by atoms with Crippen LogP contribution in [0.25, 0.3) is 0 Å². The fourth-order valence-electron chi connectivity index (χ4n) is 1.94. The predicted octanol–water partition coefficient (Wildman–Crippen LogP) is 2.64. The van der Waals surface area contributed by atoms with Gasteiger partial charge in [-0.2, -0.15) is 0 Å². The van der Waals surface area contributed by atoms with Crippen LogP contribution in [0.4, 0.5) is 5.82 Å². The Morgan fingerprint density at radius 1 is 1.35 bits per heavy atom. The van der Waals surface area contributed by atoms with Gasteiger partial charge in [0.25, 0.3) is 0 Å². The molecule has 0 radical (unpaired) electrons. The first kappa shape index (κ1) is 14.3. The molecule has 1 aromatic heterocycles. The van der Waals surface area contributed by atoms with Crippen LogP contribution in [0.15, 0.2) is 6.20 Å². The molecular weight excluding hydrogens is 261 g/mol. The molecule has 0 spiro atoms. The van der Waals surface area contributed by atoms with Gasteiger partial charge in [0.15, 0.2) is 11.6 Å². The monoisotopic (exact) mass is 277 g/mol. The van der Waals surface area contributed by atoms with Crippen molar-refractivity contribution in [2.24, 2.45) is 0 Å². The molecule has 6 heteroatoms. The first-order chi connectivity index (χ1) is 7.85. The van der Waals surface area contributed by atoms with Crippen LogP contribution in [0.3, 0.4) is 0 Å². The van der Waals surface area contributed by atoms with Crippen LogP contribution < -0.4 is 9.64 Å². The lowest BCUT2D eigenvalue weighted by Gasteiger charge is -2.28. The Labute approximate surface area is 113 Å². The zero-order valence-electron chi connectivity index (χ0n) is 9.86. The normalized spacial score (nSPS) is 15.3. The van der Waals surface area contributed by atoms with Crippen molar-refractivity contribution < 1.29 is 4.74 Å². The molecule has 0 N–H and O–H groups in total. The quantitative estimate of drug-likeness (QED) is 0.797. The Hall–Kier alpha value is -0.740. The number of aromatic nitrogens is 2. The molecule has 0 atom stereocenters. The number of nitrogens with zero attached hydrogens (tertiary/aromatic N) is 3. The molecule has 0 saturated carbocycles. The molecule has 0 aliphatic carbocycles. The van der Waals surface area contributed by atoms with Crippen LogP contribution in [-0.4, -0.2) is 30.2 Å². The number of methoxy groups -OCH3 is 1. The summed E-state index contributed by atoms with van der Waals surface area (Å²) in [5.41, 5.74) is 0. The summed E-state index contributed by atoms with van der Waals surface area (Å²) in [4.78, 5) is 10.8. The van der Waals surface area contributed by atoms with Gasteiger partial charge < -0.3 is 9.64 Å². The van der Waals surface area contributed by atoms with E-state index in [9.17, 15) is 0 Å². The molecule has 1 aliphatic rings. The Morgan fingerprint density at radius 2 is 2.06 bits per heavy atom. The lowest BCUT2D eigenvalue weighted by molar-refractivity contribution is 0.407. The van der Waals surface area contributed by atoms with E-state index in [4.69, 9.17) is 16.3 Å². The van der Waals surface area contributed by atoms with E-state index in [1.54, 1.807) is 13.3 Å². The number of piperidine rings is 1. The van der Waals surface area contributed by atoms with Crippen LogP contribution in [0.5, 0.6) is 5.75 Å². The van der Waals surface area contributed by atoms with Gasteiger partial charge in [-0.05, 0) is 19.3 Å². The number of halogens is 2. The fourth-order valence-corrected chi connectivity index (χ4v) is 2.07. The molecule has 1 aromatic rings. The second-order valence-electron chi connectivity index (χ2n) is 3.86. The van der Waals surface area contributed by atoms with E-state index in [1.165, 1.54) is 19.3 Å². The highest BCUT2D eigenvalue weighted by Gasteiger charge is 2.17. The van der Waals surface area contributed by atoms with Crippen molar-refractivity contribution >= 4 is 29.8 Å². The molecule has 96 valence electrons. The Kier molecular flexibility index (Phi) is 5.78. The highest BCUT2D eigenvalue weighted by atomic mass is 35.5. The van der Waals surface area contributed by atoms with Crippen LogP contribution in [0.2, 0.25) is 0 Å². The van der Waals surface area contributed by atoms with Gasteiger partial charge in [-0.3, -0.25) is 0 Å². The molecule has 0 unspecified atom stereocenters. The molecule has 0 amide bonds. The van der Waals surface area contributed by atoms with E-state index in [1.807, 2.05) is 0 Å². The number of hydrogen-bond acceptors (Lipinski definition) is 4. The van der Waals surface area contributed by atoms with Gasteiger partial charge >= 0.3 is 0 Å². The maximum absolute atomic E-state index is 5.75.